The number of hydrogen-bond acceptors (Lipinski definition) is 3. The molecular formula is C23H26ClN3O3. The molecule has 0 saturated carbocycles. The maximum absolute atomic E-state index is 13.3. The van der Waals surface area contributed by atoms with Crippen molar-refractivity contribution in [1.82, 2.24) is 4.90 Å². The van der Waals surface area contributed by atoms with Crippen LogP contribution in [0.1, 0.15) is 60.7 Å². The number of piperidine rings is 1. The first-order valence-corrected chi connectivity index (χ1v) is 10.4. The van der Waals surface area contributed by atoms with Gasteiger partial charge in [0.25, 0.3) is 11.8 Å². The van der Waals surface area contributed by atoms with Crippen LogP contribution >= 0.6 is 11.6 Å². The second-order valence-corrected chi connectivity index (χ2v) is 8.18. The molecule has 0 aromatic heterocycles. The summed E-state index contributed by atoms with van der Waals surface area (Å²) in [6.07, 6.45) is 3.01. The molecule has 2 unspecified atom stereocenters. The number of hydrogen-bond donors (Lipinski definition) is 2. The zero-order chi connectivity index (χ0) is 21.8. The Labute approximate surface area is 181 Å². The number of anilines is 2. The minimum absolute atomic E-state index is 0.130. The fourth-order valence-corrected chi connectivity index (χ4v) is 4.04. The fraction of sp³-hybridized carbons (Fsp3) is 0.348. The Kier molecular flexibility index (Phi) is 6.77. The van der Waals surface area contributed by atoms with E-state index in [1.165, 1.54) is 6.92 Å². The maximum atomic E-state index is 13.3. The minimum atomic E-state index is -0.347. The van der Waals surface area contributed by atoms with Crippen LogP contribution in [0.15, 0.2) is 42.5 Å². The molecule has 0 aliphatic carbocycles. The van der Waals surface area contributed by atoms with Crippen LogP contribution in [0.2, 0.25) is 5.02 Å². The molecule has 1 fully saturated rings. The minimum Gasteiger partial charge on any atom is -0.333 e. The monoisotopic (exact) mass is 427 g/mol. The summed E-state index contributed by atoms with van der Waals surface area (Å²) >= 11 is 6.17. The van der Waals surface area contributed by atoms with Gasteiger partial charge in [0.1, 0.15) is 0 Å². The second-order valence-electron chi connectivity index (χ2n) is 7.74. The third-order valence-electron chi connectivity index (χ3n) is 5.36. The molecule has 6 nitrogen and oxygen atoms in total. The molecule has 1 heterocycles. The highest BCUT2D eigenvalue weighted by molar-refractivity contribution is 6.31. The predicted molar refractivity (Wildman–Crippen MR) is 119 cm³/mol. The van der Waals surface area contributed by atoms with Gasteiger partial charge < -0.3 is 15.5 Å². The topological polar surface area (TPSA) is 78.5 Å². The summed E-state index contributed by atoms with van der Waals surface area (Å²) in [5.41, 5.74) is 1.82. The van der Waals surface area contributed by atoms with Crippen LogP contribution in [0, 0.1) is 0 Å². The molecule has 7 heteroatoms. The lowest BCUT2D eigenvalue weighted by molar-refractivity contribution is -0.114. The molecule has 1 aliphatic rings. The lowest BCUT2D eigenvalue weighted by Gasteiger charge is -2.39. The van der Waals surface area contributed by atoms with Crippen LogP contribution in [0.3, 0.4) is 0 Å². The number of benzene rings is 2. The van der Waals surface area contributed by atoms with Gasteiger partial charge in [-0.25, -0.2) is 0 Å². The van der Waals surface area contributed by atoms with Crippen LogP contribution in [-0.2, 0) is 4.79 Å². The van der Waals surface area contributed by atoms with Gasteiger partial charge >= 0.3 is 0 Å². The predicted octanol–water partition coefficient (Wildman–Crippen LogP) is 4.95. The Bertz CT molecular complexity index is 949. The Morgan fingerprint density at radius 1 is 0.967 bits per heavy atom. The molecule has 2 aromatic rings. The summed E-state index contributed by atoms with van der Waals surface area (Å²) in [4.78, 5) is 39.1. The van der Waals surface area contributed by atoms with Crippen molar-refractivity contribution in [3.8, 4) is 0 Å². The number of halogens is 1. The normalized spacial score (nSPS) is 18.6. The molecule has 2 atom stereocenters. The van der Waals surface area contributed by atoms with Crippen LogP contribution < -0.4 is 10.6 Å². The first kappa shape index (κ1) is 21.8. The molecule has 3 amide bonds. The molecular weight excluding hydrogens is 402 g/mol. The van der Waals surface area contributed by atoms with E-state index in [1.807, 2.05) is 18.7 Å². The Hall–Kier alpha value is -2.86. The van der Waals surface area contributed by atoms with Crippen molar-refractivity contribution in [2.75, 3.05) is 10.6 Å². The van der Waals surface area contributed by atoms with E-state index in [-0.39, 0.29) is 29.8 Å². The van der Waals surface area contributed by atoms with Crippen molar-refractivity contribution in [3.05, 3.63) is 58.6 Å². The van der Waals surface area contributed by atoms with Gasteiger partial charge in [-0.3, -0.25) is 14.4 Å². The van der Waals surface area contributed by atoms with Gasteiger partial charge in [-0.15, -0.1) is 0 Å². The molecule has 3 rings (SSSR count). The lowest BCUT2D eigenvalue weighted by Crippen LogP contribution is -2.47. The van der Waals surface area contributed by atoms with Crippen LogP contribution in [0.25, 0.3) is 0 Å². The Morgan fingerprint density at radius 2 is 1.60 bits per heavy atom. The van der Waals surface area contributed by atoms with Gasteiger partial charge in [-0.1, -0.05) is 11.6 Å². The quantitative estimate of drug-likeness (QED) is 0.724. The molecule has 0 radical (unpaired) electrons. The van der Waals surface area contributed by atoms with Gasteiger partial charge in [0, 0.05) is 35.3 Å². The second kappa shape index (κ2) is 9.30. The van der Waals surface area contributed by atoms with Crippen LogP contribution in [-0.4, -0.2) is 34.7 Å². The smallest absolute Gasteiger partial charge is 0.256 e. The van der Waals surface area contributed by atoms with E-state index in [1.54, 1.807) is 42.5 Å². The highest BCUT2D eigenvalue weighted by atomic mass is 35.5. The molecule has 0 bridgehead atoms. The zero-order valence-corrected chi connectivity index (χ0v) is 18.1. The fourth-order valence-electron chi connectivity index (χ4n) is 3.87. The number of likely N-dealkylation sites (tertiary alicyclic amines) is 1. The first-order chi connectivity index (χ1) is 14.3. The summed E-state index contributed by atoms with van der Waals surface area (Å²) in [6.45, 7) is 5.52. The summed E-state index contributed by atoms with van der Waals surface area (Å²) in [5.74, 6) is -0.660. The number of carbonyl (C=O) groups excluding carboxylic acids is 3. The van der Waals surface area contributed by atoms with E-state index in [0.717, 1.165) is 19.3 Å². The van der Waals surface area contributed by atoms with Crippen molar-refractivity contribution < 1.29 is 14.4 Å². The first-order valence-electron chi connectivity index (χ1n) is 10.1. The highest BCUT2D eigenvalue weighted by Crippen LogP contribution is 2.29. The van der Waals surface area contributed by atoms with E-state index >= 15 is 0 Å². The van der Waals surface area contributed by atoms with E-state index < -0.39 is 0 Å². The average Bonchev–Trinajstić information content (AvgIpc) is 2.69. The average molecular weight is 428 g/mol. The van der Waals surface area contributed by atoms with E-state index in [0.29, 0.717) is 27.5 Å². The van der Waals surface area contributed by atoms with Gasteiger partial charge in [0.05, 0.1) is 11.3 Å². The summed E-state index contributed by atoms with van der Waals surface area (Å²) in [7, 11) is 0. The maximum Gasteiger partial charge on any atom is 0.256 e. The third kappa shape index (κ3) is 5.00. The zero-order valence-electron chi connectivity index (χ0n) is 17.4. The van der Waals surface area contributed by atoms with E-state index in [2.05, 4.69) is 10.6 Å². The number of nitrogens with zero attached hydrogens (tertiary/aromatic N) is 1. The largest absolute Gasteiger partial charge is 0.333 e. The number of amides is 3. The SMILES string of the molecule is CC(=O)Nc1ccc(C(=O)Nc2ccc(Cl)cc2C(=O)N2C(C)CCCC2C)cc1. The molecule has 1 aliphatic heterocycles. The molecule has 0 spiro atoms. The van der Waals surface area contributed by atoms with Crippen molar-refractivity contribution in [3.63, 3.8) is 0 Å². The third-order valence-corrected chi connectivity index (χ3v) is 5.59. The highest BCUT2D eigenvalue weighted by Gasteiger charge is 2.31. The summed E-state index contributed by atoms with van der Waals surface area (Å²) in [6, 6.07) is 11.7. The number of rotatable bonds is 4. The van der Waals surface area contributed by atoms with Crippen molar-refractivity contribution >= 4 is 40.7 Å². The Balaban J connectivity index is 1.83. The number of nitrogens with one attached hydrogen (secondary N) is 2. The van der Waals surface area contributed by atoms with Crippen LogP contribution in [0.5, 0.6) is 0 Å². The van der Waals surface area contributed by atoms with E-state index in [9.17, 15) is 14.4 Å². The lowest BCUT2D eigenvalue weighted by atomic mass is 9.96. The summed E-state index contributed by atoms with van der Waals surface area (Å²) < 4.78 is 0. The van der Waals surface area contributed by atoms with Crippen molar-refractivity contribution in [2.24, 2.45) is 0 Å². The molecule has 2 N–H and O–H groups in total. The molecule has 158 valence electrons. The molecule has 2 aromatic carbocycles. The van der Waals surface area contributed by atoms with Gasteiger partial charge in [-0.2, -0.15) is 0 Å². The van der Waals surface area contributed by atoms with Gasteiger partial charge in [0.2, 0.25) is 5.91 Å². The molecule has 30 heavy (non-hydrogen) atoms. The number of carbonyl (C=O) groups is 3. The Morgan fingerprint density at radius 3 is 2.20 bits per heavy atom. The van der Waals surface area contributed by atoms with Crippen LogP contribution in [0.4, 0.5) is 11.4 Å². The van der Waals surface area contributed by atoms with Crippen molar-refractivity contribution in [2.45, 2.75) is 52.1 Å². The molecule has 1 saturated heterocycles. The standard InChI is InChI=1S/C23H26ClN3O3/c1-14-5-4-6-15(2)27(14)23(30)20-13-18(24)9-12-21(20)26-22(29)17-7-10-19(11-8-17)25-16(3)28/h7-15H,4-6H2,1-3H3,(H,25,28)(H,26,29). The van der Waals surface area contributed by atoms with Crippen molar-refractivity contribution in [1.29, 1.82) is 0 Å². The van der Waals surface area contributed by atoms with Gasteiger partial charge in [0.15, 0.2) is 0 Å². The van der Waals surface area contributed by atoms with E-state index in [4.69, 9.17) is 11.6 Å². The van der Waals surface area contributed by atoms with Gasteiger partial charge in [-0.05, 0) is 75.6 Å². The summed E-state index contributed by atoms with van der Waals surface area (Å²) in [5, 5.41) is 5.93.